The van der Waals surface area contributed by atoms with Crippen LogP contribution in [-0.2, 0) is 14.3 Å². The van der Waals surface area contributed by atoms with E-state index in [1.807, 2.05) is 61.5 Å². The number of amides is 2. The van der Waals surface area contributed by atoms with Gasteiger partial charge in [-0.05, 0) is 91.3 Å². The molecule has 2 heterocycles. The van der Waals surface area contributed by atoms with E-state index in [0.29, 0.717) is 38.9 Å². The minimum Gasteiger partial charge on any atom is -0.497 e. The van der Waals surface area contributed by atoms with Gasteiger partial charge in [-0.1, -0.05) is 41.6 Å². The number of aromatic nitrogens is 1. The molecule has 5 aromatic rings. The molecule has 1 saturated heterocycles. The summed E-state index contributed by atoms with van der Waals surface area (Å²) in [5.74, 6) is -0.732. The Morgan fingerprint density at radius 1 is 0.843 bits per heavy atom. The molecule has 51 heavy (non-hydrogen) atoms. The standard InChI is InChI=1S/C40H31N3O7S/c1-24-4-6-25(7-5-24)32-20-34(26-10-16-30(48-2)17-11-26)42-38(33(32)22-41)51-36-21-37(45)43(39(36)46)29-14-8-28(9-15-29)40(47)50-23-35(44)27-12-18-31(49-3)19-13-27/h4-20,36H,21,23H2,1-3H3. The molecule has 0 N–H and O–H groups in total. The average molecular weight is 698 g/mol. The monoisotopic (exact) mass is 697 g/mol. The van der Waals surface area contributed by atoms with Crippen LogP contribution in [0.15, 0.2) is 108 Å². The van der Waals surface area contributed by atoms with Crippen LogP contribution in [0.3, 0.4) is 0 Å². The molecule has 6 rings (SSSR count). The number of ketones is 1. The van der Waals surface area contributed by atoms with Gasteiger partial charge in [0.1, 0.15) is 22.6 Å². The molecule has 4 aromatic carbocycles. The first-order chi connectivity index (χ1) is 24.7. The second-order valence-electron chi connectivity index (χ2n) is 11.6. The zero-order valence-corrected chi connectivity index (χ0v) is 28.7. The SMILES string of the molecule is COc1ccc(C(=O)COC(=O)c2ccc(N3C(=O)CC(Sc4nc(-c5ccc(OC)cc5)cc(-c5ccc(C)cc5)c4C#N)C3=O)cc2)cc1. The third-order valence-corrected chi connectivity index (χ3v) is 9.48. The zero-order valence-electron chi connectivity index (χ0n) is 27.9. The van der Waals surface area contributed by atoms with Gasteiger partial charge in [-0.15, -0.1) is 0 Å². The van der Waals surface area contributed by atoms with Gasteiger partial charge < -0.3 is 14.2 Å². The first-order valence-corrected chi connectivity index (χ1v) is 16.7. The first-order valence-electron chi connectivity index (χ1n) is 15.8. The van der Waals surface area contributed by atoms with E-state index in [0.717, 1.165) is 33.4 Å². The number of imide groups is 1. The van der Waals surface area contributed by atoms with Gasteiger partial charge in [-0.25, -0.2) is 14.7 Å². The van der Waals surface area contributed by atoms with Gasteiger partial charge in [0, 0.05) is 23.1 Å². The number of rotatable bonds is 11. The fraction of sp³-hybridized carbons (Fsp3) is 0.150. The molecule has 1 aliphatic heterocycles. The fourth-order valence-corrected chi connectivity index (χ4v) is 6.63. The summed E-state index contributed by atoms with van der Waals surface area (Å²) in [6, 6.07) is 31.5. The second kappa shape index (κ2) is 15.1. The van der Waals surface area contributed by atoms with Crippen molar-refractivity contribution in [2.75, 3.05) is 25.7 Å². The van der Waals surface area contributed by atoms with Gasteiger partial charge in [0.05, 0.1) is 42.0 Å². The highest BCUT2D eigenvalue weighted by atomic mass is 32.2. The molecule has 10 nitrogen and oxygen atoms in total. The second-order valence-corrected chi connectivity index (χ2v) is 12.8. The van der Waals surface area contributed by atoms with Crippen molar-refractivity contribution in [1.82, 2.24) is 4.98 Å². The lowest BCUT2D eigenvalue weighted by Crippen LogP contribution is -2.31. The van der Waals surface area contributed by atoms with Crippen molar-refractivity contribution >= 4 is 41.0 Å². The van der Waals surface area contributed by atoms with Crippen molar-refractivity contribution in [3.05, 3.63) is 125 Å². The van der Waals surface area contributed by atoms with Gasteiger partial charge >= 0.3 is 5.97 Å². The van der Waals surface area contributed by atoms with E-state index in [1.54, 1.807) is 31.4 Å². The summed E-state index contributed by atoms with van der Waals surface area (Å²) in [7, 11) is 3.10. The van der Waals surface area contributed by atoms with Crippen LogP contribution in [0.25, 0.3) is 22.4 Å². The van der Waals surface area contributed by atoms with Crippen molar-refractivity contribution in [3.8, 4) is 40.0 Å². The Morgan fingerprint density at radius 3 is 2.04 bits per heavy atom. The van der Waals surface area contributed by atoms with Crippen molar-refractivity contribution in [2.24, 2.45) is 0 Å². The highest BCUT2D eigenvalue weighted by molar-refractivity contribution is 8.00. The number of nitriles is 1. The summed E-state index contributed by atoms with van der Waals surface area (Å²) in [5, 5.41) is 9.83. The number of nitrogens with zero attached hydrogens (tertiary/aromatic N) is 3. The van der Waals surface area contributed by atoms with Crippen LogP contribution in [0.4, 0.5) is 5.69 Å². The summed E-state index contributed by atoms with van der Waals surface area (Å²) in [6.07, 6.45) is -0.111. The molecule has 0 aliphatic carbocycles. The molecule has 2 amide bonds. The highest BCUT2D eigenvalue weighted by Gasteiger charge is 2.41. The minimum absolute atomic E-state index is 0.111. The Labute approximate surface area is 298 Å². The van der Waals surface area contributed by atoms with Gasteiger partial charge in [-0.2, -0.15) is 5.26 Å². The topological polar surface area (TPSA) is 136 Å². The number of benzene rings is 4. The van der Waals surface area contributed by atoms with Crippen molar-refractivity contribution in [1.29, 1.82) is 5.26 Å². The summed E-state index contributed by atoms with van der Waals surface area (Å²) in [5.41, 5.74) is 5.01. The number of anilines is 1. The molecular formula is C40H31N3O7S. The molecule has 0 spiro atoms. The van der Waals surface area contributed by atoms with Gasteiger partial charge in [0.2, 0.25) is 11.8 Å². The van der Waals surface area contributed by atoms with Crippen LogP contribution in [0.5, 0.6) is 11.5 Å². The molecule has 1 atom stereocenters. The van der Waals surface area contributed by atoms with E-state index in [1.165, 1.54) is 31.4 Å². The number of thioether (sulfide) groups is 1. The summed E-state index contributed by atoms with van der Waals surface area (Å²) < 4.78 is 15.6. The van der Waals surface area contributed by atoms with Gasteiger partial charge in [0.15, 0.2) is 12.4 Å². The zero-order chi connectivity index (χ0) is 36.1. The Bertz CT molecular complexity index is 2160. The Balaban J connectivity index is 1.21. The average Bonchev–Trinajstić information content (AvgIpc) is 3.45. The van der Waals surface area contributed by atoms with Crippen molar-refractivity contribution in [3.63, 3.8) is 0 Å². The van der Waals surface area contributed by atoms with Crippen LogP contribution < -0.4 is 14.4 Å². The number of carbonyl (C=O) groups is 4. The van der Waals surface area contributed by atoms with E-state index in [4.69, 9.17) is 19.2 Å². The van der Waals surface area contributed by atoms with Gasteiger partial charge in [0.25, 0.3) is 0 Å². The van der Waals surface area contributed by atoms with Crippen LogP contribution in [0, 0.1) is 18.3 Å². The predicted octanol–water partition coefficient (Wildman–Crippen LogP) is 7.08. The largest absolute Gasteiger partial charge is 0.497 e. The molecule has 1 fully saturated rings. The third kappa shape index (κ3) is 7.51. The Hall–Kier alpha value is -6.25. The maximum absolute atomic E-state index is 13.7. The van der Waals surface area contributed by atoms with Crippen LogP contribution >= 0.6 is 11.8 Å². The number of methoxy groups -OCH3 is 2. The normalized spacial score (nSPS) is 13.8. The molecule has 11 heteroatoms. The van der Waals surface area contributed by atoms with Crippen LogP contribution in [0.2, 0.25) is 0 Å². The molecule has 254 valence electrons. The van der Waals surface area contributed by atoms with Crippen molar-refractivity contribution in [2.45, 2.75) is 23.6 Å². The lowest BCUT2D eigenvalue weighted by molar-refractivity contribution is -0.121. The number of ether oxygens (including phenoxy) is 3. The fourth-order valence-electron chi connectivity index (χ4n) is 5.51. The summed E-state index contributed by atoms with van der Waals surface area (Å²) >= 11 is 1.08. The number of hydrogen-bond acceptors (Lipinski definition) is 10. The first kappa shape index (κ1) is 34.6. The maximum Gasteiger partial charge on any atom is 0.338 e. The van der Waals surface area contributed by atoms with E-state index < -0.39 is 29.6 Å². The number of esters is 1. The van der Waals surface area contributed by atoms with E-state index in [2.05, 4.69) is 6.07 Å². The lowest BCUT2D eigenvalue weighted by atomic mass is 9.98. The number of carbonyl (C=O) groups excluding carboxylic acids is 4. The maximum atomic E-state index is 13.7. The number of aryl methyl sites for hydroxylation is 1. The lowest BCUT2D eigenvalue weighted by Gasteiger charge is -2.17. The highest BCUT2D eigenvalue weighted by Crippen LogP contribution is 2.39. The quantitative estimate of drug-likeness (QED) is 0.0801. The summed E-state index contributed by atoms with van der Waals surface area (Å²) in [6.45, 7) is 1.52. The molecule has 1 aromatic heterocycles. The predicted molar refractivity (Wildman–Crippen MR) is 192 cm³/mol. The molecule has 0 bridgehead atoms. The van der Waals surface area contributed by atoms with Crippen molar-refractivity contribution < 1.29 is 33.4 Å². The molecule has 1 unspecified atom stereocenters. The van der Waals surface area contributed by atoms with E-state index in [9.17, 15) is 24.4 Å². The van der Waals surface area contributed by atoms with E-state index in [-0.39, 0.29) is 23.5 Å². The van der Waals surface area contributed by atoms with Crippen LogP contribution in [-0.4, -0.2) is 54.6 Å². The minimum atomic E-state index is -0.845. The Kier molecular flexibility index (Phi) is 10.3. The third-order valence-electron chi connectivity index (χ3n) is 8.31. The summed E-state index contributed by atoms with van der Waals surface area (Å²) in [4.78, 5) is 58.0. The molecule has 1 aliphatic rings. The van der Waals surface area contributed by atoms with E-state index >= 15 is 0 Å². The Morgan fingerprint density at radius 2 is 1.43 bits per heavy atom. The molecule has 0 saturated carbocycles. The number of hydrogen-bond donors (Lipinski definition) is 0. The smallest absolute Gasteiger partial charge is 0.338 e. The molecular weight excluding hydrogens is 667 g/mol. The number of Topliss-reactive ketones (excluding diaryl/α,β-unsaturated/α-hetero) is 1. The number of pyridine rings is 1. The van der Waals surface area contributed by atoms with Gasteiger partial charge in [-0.3, -0.25) is 14.4 Å². The molecule has 0 radical (unpaired) electrons. The van der Waals surface area contributed by atoms with Crippen LogP contribution in [0.1, 0.15) is 38.3 Å².